The van der Waals surface area contributed by atoms with E-state index in [2.05, 4.69) is 44.0 Å². The summed E-state index contributed by atoms with van der Waals surface area (Å²) in [6.45, 7) is 7.32. The Morgan fingerprint density at radius 2 is 1.88 bits per heavy atom. The lowest BCUT2D eigenvalue weighted by atomic mass is 9.99. The molecule has 1 amide bonds. The molecule has 0 bridgehead atoms. The van der Waals surface area contributed by atoms with Gasteiger partial charge >= 0.3 is 0 Å². The summed E-state index contributed by atoms with van der Waals surface area (Å²) in [5, 5.41) is 0. The smallest absolute Gasteiger partial charge is 0.272 e. The van der Waals surface area contributed by atoms with Gasteiger partial charge in [0.2, 0.25) is 0 Å². The van der Waals surface area contributed by atoms with Gasteiger partial charge in [-0.05, 0) is 62.8 Å². The van der Waals surface area contributed by atoms with Crippen molar-refractivity contribution < 1.29 is 4.79 Å². The highest BCUT2D eigenvalue weighted by molar-refractivity contribution is 7.98. The molecule has 1 atom stereocenters. The van der Waals surface area contributed by atoms with Crippen molar-refractivity contribution in [3.8, 4) is 0 Å². The second kappa shape index (κ2) is 8.72. The van der Waals surface area contributed by atoms with E-state index in [1.54, 1.807) is 11.8 Å². The number of piperidine rings is 1. The highest BCUT2D eigenvalue weighted by Gasteiger charge is 2.26. The van der Waals surface area contributed by atoms with Crippen molar-refractivity contribution in [1.29, 1.82) is 0 Å². The molecule has 2 aromatic rings. The summed E-state index contributed by atoms with van der Waals surface area (Å²) in [5.74, 6) is 0.875. The molecule has 1 aromatic heterocycles. The first kappa shape index (κ1) is 19.0. The van der Waals surface area contributed by atoms with Crippen molar-refractivity contribution in [2.45, 2.75) is 63.1 Å². The van der Waals surface area contributed by atoms with Crippen LogP contribution in [-0.2, 0) is 5.75 Å². The van der Waals surface area contributed by atoms with Crippen LogP contribution in [0.5, 0.6) is 0 Å². The number of thioether (sulfide) groups is 1. The molecule has 2 heterocycles. The van der Waals surface area contributed by atoms with E-state index in [0.717, 1.165) is 37.3 Å². The van der Waals surface area contributed by atoms with Crippen molar-refractivity contribution >= 4 is 17.7 Å². The van der Waals surface area contributed by atoms with Crippen LogP contribution in [0, 0.1) is 13.8 Å². The number of likely N-dealkylation sites (tertiary alicyclic amines) is 1. The molecular weight excluding hydrogens is 340 g/mol. The van der Waals surface area contributed by atoms with Crippen LogP contribution in [0.3, 0.4) is 0 Å². The first-order valence-corrected chi connectivity index (χ1v) is 10.5. The van der Waals surface area contributed by atoms with Gasteiger partial charge in [-0.2, -0.15) is 0 Å². The topological polar surface area (TPSA) is 33.2 Å². The summed E-state index contributed by atoms with van der Waals surface area (Å²) < 4.78 is 0. The molecule has 1 fully saturated rings. The first-order chi connectivity index (χ1) is 12.6. The second-order valence-electron chi connectivity index (χ2n) is 7.08. The molecule has 138 valence electrons. The Labute approximate surface area is 161 Å². The number of hydrogen-bond donors (Lipinski definition) is 0. The molecule has 26 heavy (non-hydrogen) atoms. The Morgan fingerprint density at radius 1 is 1.15 bits per heavy atom. The monoisotopic (exact) mass is 368 g/mol. The minimum absolute atomic E-state index is 0.0930. The van der Waals surface area contributed by atoms with Gasteiger partial charge in [0.15, 0.2) is 0 Å². The fourth-order valence-electron chi connectivity index (χ4n) is 3.69. The molecule has 0 radical (unpaired) electrons. The van der Waals surface area contributed by atoms with E-state index in [1.807, 2.05) is 23.1 Å². The van der Waals surface area contributed by atoms with E-state index in [9.17, 15) is 4.79 Å². The maximum Gasteiger partial charge on any atom is 0.272 e. The third-order valence-electron chi connectivity index (χ3n) is 5.16. The van der Waals surface area contributed by atoms with E-state index in [1.165, 1.54) is 22.4 Å². The Bertz CT molecular complexity index is 754. The first-order valence-electron chi connectivity index (χ1n) is 9.56. The number of carbonyl (C=O) groups excluding carboxylic acids is 1. The fraction of sp³-hybridized carbons (Fsp3) is 0.455. The van der Waals surface area contributed by atoms with E-state index >= 15 is 0 Å². The molecule has 1 aliphatic rings. The number of benzene rings is 1. The number of rotatable bonds is 5. The Balaban J connectivity index is 1.72. The predicted octanol–water partition coefficient (Wildman–Crippen LogP) is 5.40. The lowest BCUT2D eigenvalue weighted by Gasteiger charge is -2.35. The van der Waals surface area contributed by atoms with Crippen molar-refractivity contribution in [1.82, 2.24) is 9.88 Å². The van der Waals surface area contributed by atoms with E-state index < -0.39 is 0 Å². The van der Waals surface area contributed by atoms with Crippen LogP contribution in [-0.4, -0.2) is 28.4 Å². The van der Waals surface area contributed by atoms with Gasteiger partial charge in [0.1, 0.15) is 5.69 Å². The quantitative estimate of drug-likeness (QED) is 0.663. The van der Waals surface area contributed by atoms with Crippen molar-refractivity contribution in [3.63, 3.8) is 0 Å². The Morgan fingerprint density at radius 3 is 2.62 bits per heavy atom. The number of amides is 1. The van der Waals surface area contributed by atoms with Crippen LogP contribution in [0.4, 0.5) is 0 Å². The zero-order valence-corrected chi connectivity index (χ0v) is 16.8. The van der Waals surface area contributed by atoms with Gasteiger partial charge in [0.05, 0.1) is 5.69 Å². The number of nitrogens with zero attached hydrogens (tertiary/aromatic N) is 2. The van der Waals surface area contributed by atoms with Gasteiger partial charge in [-0.3, -0.25) is 4.79 Å². The van der Waals surface area contributed by atoms with Gasteiger partial charge in [0.25, 0.3) is 5.91 Å². The van der Waals surface area contributed by atoms with Crippen LogP contribution in [0.25, 0.3) is 0 Å². The van der Waals surface area contributed by atoms with Crippen LogP contribution >= 0.6 is 11.8 Å². The van der Waals surface area contributed by atoms with Crippen molar-refractivity contribution in [2.75, 3.05) is 6.54 Å². The summed E-state index contributed by atoms with van der Waals surface area (Å²) in [6, 6.07) is 12.6. The standard InChI is InChI=1S/C22H28N2OS/c1-4-19-12-5-6-14-24(19)22(25)20-13-8-11-18(23-20)15-26-21-16(2)9-7-10-17(21)3/h7-11,13,19H,4-6,12,14-15H2,1-3H3. The number of pyridine rings is 1. The fourth-order valence-corrected chi connectivity index (χ4v) is 4.74. The number of hydrogen-bond acceptors (Lipinski definition) is 3. The SMILES string of the molecule is CCC1CCCCN1C(=O)c1cccc(CSc2c(C)cccc2C)n1. The van der Waals surface area contributed by atoms with Gasteiger partial charge in [-0.15, -0.1) is 11.8 Å². The molecule has 1 aromatic carbocycles. The van der Waals surface area contributed by atoms with Crippen LogP contribution in [0.15, 0.2) is 41.3 Å². The van der Waals surface area contributed by atoms with Crippen LogP contribution < -0.4 is 0 Å². The molecule has 0 N–H and O–H groups in total. The van der Waals surface area contributed by atoms with E-state index in [-0.39, 0.29) is 5.91 Å². The summed E-state index contributed by atoms with van der Waals surface area (Å²) in [6.07, 6.45) is 4.46. The normalized spacial score (nSPS) is 17.3. The van der Waals surface area contributed by atoms with Gasteiger partial charge in [-0.25, -0.2) is 4.98 Å². The minimum Gasteiger partial charge on any atom is -0.334 e. The maximum atomic E-state index is 13.0. The van der Waals surface area contributed by atoms with Gasteiger partial charge in [0, 0.05) is 23.2 Å². The molecule has 4 heteroatoms. The largest absolute Gasteiger partial charge is 0.334 e. The van der Waals surface area contributed by atoms with Crippen molar-refractivity contribution in [2.24, 2.45) is 0 Å². The zero-order chi connectivity index (χ0) is 18.5. The van der Waals surface area contributed by atoms with Crippen LogP contribution in [0.2, 0.25) is 0 Å². The summed E-state index contributed by atoms with van der Waals surface area (Å²) in [7, 11) is 0. The molecule has 1 aliphatic heterocycles. The van der Waals surface area contributed by atoms with Gasteiger partial charge < -0.3 is 4.90 Å². The molecule has 3 rings (SSSR count). The lowest BCUT2D eigenvalue weighted by Crippen LogP contribution is -2.43. The van der Waals surface area contributed by atoms with Gasteiger partial charge in [-0.1, -0.05) is 31.2 Å². The average molecular weight is 369 g/mol. The molecule has 0 spiro atoms. The van der Waals surface area contributed by atoms with Crippen molar-refractivity contribution in [3.05, 3.63) is 58.9 Å². The third-order valence-corrected chi connectivity index (χ3v) is 6.53. The maximum absolute atomic E-state index is 13.0. The third kappa shape index (κ3) is 4.29. The molecule has 1 saturated heterocycles. The number of carbonyl (C=O) groups is 1. The van der Waals surface area contributed by atoms with Crippen LogP contribution in [0.1, 0.15) is 59.9 Å². The predicted molar refractivity (Wildman–Crippen MR) is 109 cm³/mol. The Hall–Kier alpha value is -1.81. The molecule has 0 saturated carbocycles. The highest BCUT2D eigenvalue weighted by atomic mass is 32.2. The summed E-state index contributed by atoms with van der Waals surface area (Å²) >= 11 is 1.80. The van der Waals surface area contributed by atoms with E-state index in [4.69, 9.17) is 0 Å². The number of aryl methyl sites for hydroxylation is 2. The zero-order valence-electron chi connectivity index (χ0n) is 16.0. The van der Waals surface area contributed by atoms with E-state index in [0.29, 0.717) is 11.7 Å². The second-order valence-corrected chi connectivity index (χ2v) is 8.07. The number of aromatic nitrogens is 1. The Kier molecular flexibility index (Phi) is 6.36. The molecule has 3 nitrogen and oxygen atoms in total. The summed E-state index contributed by atoms with van der Waals surface area (Å²) in [5.41, 5.74) is 4.14. The highest BCUT2D eigenvalue weighted by Crippen LogP contribution is 2.29. The summed E-state index contributed by atoms with van der Waals surface area (Å²) in [4.78, 5) is 21.0. The lowest BCUT2D eigenvalue weighted by molar-refractivity contribution is 0.0601. The molecular formula is C22H28N2OS. The molecule has 0 aliphatic carbocycles. The average Bonchev–Trinajstić information content (AvgIpc) is 2.67. The minimum atomic E-state index is 0.0930. The molecule has 1 unspecified atom stereocenters.